The largest absolute Gasteiger partial charge is 0.379 e. The smallest absolute Gasteiger partial charge is 0.257 e. The molecule has 0 aromatic heterocycles. The van der Waals surface area contributed by atoms with Crippen LogP contribution in [0.4, 0.5) is 11.4 Å². The molecule has 0 atom stereocenters. The fourth-order valence-corrected chi connectivity index (χ4v) is 5.45. The van der Waals surface area contributed by atoms with Gasteiger partial charge in [-0.25, -0.2) is 8.42 Å². The standard InChI is InChI=1S/C23H29N3O5S/c1-2-18-5-3-4-6-21(18)24-23(27)20-17-19(32(28,29)26-11-15-31-16-12-26)7-8-22(20)25-9-13-30-14-10-25/h3-8,17H,2,9-16H2,1H3,(H,24,27). The molecule has 4 rings (SSSR count). The zero-order valence-electron chi connectivity index (χ0n) is 18.2. The zero-order chi connectivity index (χ0) is 22.6. The van der Waals surface area contributed by atoms with E-state index in [2.05, 4.69) is 10.2 Å². The van der Waals surface area contributed by atoms with Crippen LogP contribution in [0, 0.1) is 0 Å². The molecule has 2 saturated heterocycles. The van der Waals surface area contributed by atoms with E-state index < -0.39 is 10.0 Å². The van der Waals surface area contributed by atoms with Crippen LogP contribution in [-0.4, -0.2) is 71.2 Å². The summed E-state index contributed by atoms with van der Waals surface area (Å²) in [4.78, 5) is 15.6. The number of nitrogens with zero attached hydrogens (tertiary/aromatic N) is 2. The normalized spacial score (nSPS) is 17.8. The minimum atomic E-state index is -3.72. The number of aryl methyl sites for hydroxylation is 1. The Morgan fingerprint density at radius 1 is 0.969 bits per heavy atom. The van der Waals surface area contributed by atoms with Crippen LogP contribution in [0.25, 0.3) is 0 Å². The first-order valence-corrected chi connectivity index (χ1v) is 12.4. The molecule has 2 aliphatic rings. The third kappa shape index (κ3) is 4.80. The van der Waals surface area contributed by atoms with Gasteiger partial charge in [-0.1, -0.05) is 25.1 Å². The number of morpholine rings is 2. The third-order valence-corrected chi connectivity index (χ3v) is 7.71. The second kappa shape index (κ2) is 9.99. The van der Waals surface area contributed by atoms with Crippen LogP contribution < -0.4 is 10.2 Å². The molecule has 0 saturated carbocycles. The Hall–Kier alpha value is -2.46. The number of anilines is 2. The Morgan fingerprint density at radius 2 is 1.62 bits per heavy atom. The monoisotopic (exact) mass is 459 g/mol. The lowest BCUT2D eigenvalue weighted by molar-refractivity contribution is 0.0730. The van der Waals surface area contributed by atoms with Gasteiger partial charge in [-0.2, -0.15) is 4.31 Å². The van der Waals surface area contributed by atoms with Gasteiger partial charge in [0.15, 0.2) is 0 Å². The van der Waals surface area contributed by atoms with Gasteiger partial charge >= 0.3 is 0 Å². The van der Waals surface area contributed by atoms with Crippen molar-refractivity contribution in [3.8, 4) is 0 Å². The maximum Gasteiger partial charge on any atom is 0.257 e. The molecule has 2 aliphatic heterocycles. The Bertz CT molecular complexity index is 1060. The first-order valence-electron chi connectivity index (χ1n) is 10.9. The second-order valence-corrected chi connectivity index (χ2v) is 9.70. The van der Waals surface area contributed by atoms with E-state index in [0.717, 1.165) is 17.7 Å². The minimum Gasteiger partial charge on any atom is -0.379 e. The number of carbonyl (C=O) groups is 1. The lowest BCUT2D eigenvalue weighted by Gasteiger charge is -2.31. The minimum absolute atomic E-state index is 0.116. The molecule has 1 N–H and O–H groups in total. The Kier molecular flexibility index (Phi) is 7.10. The molecule has 0 radical (unpaired) electrons. The maximum absolute atomic E-state index is 13.4. The SMILES string of the molecule is CCc1ccccc1NC(=O)c1cc(S(=O)(=O)N2CCOCC2)ccc1N1CCOCC1. The summed E-state index contributed by atoms with van der Waals surface area (Å²) in [6.45, 7) is 5.78. The number of hydrogen-bond donors (Lipinski definition) is 1. The van der Waals surface area contributed by atoms with Crippen molar-refractivity contribution in [1.82, 2.24) is 4.31 Å². The van der Waals surface area contributed by atoms with Crippen LogP contribution in [0.1, 0.15) is 22.8 Å². The van der Waals surface area contributed by atoms with E-state index in [0.29, 0.717) is 63.9 Å². The Morgan fingerprint density at radius 3 is 2.31 bits per heavy atom. The molecule has 2 fully saturated rings. The topological polar surface area (TPSA) is 88.2 Å². The van der Waals surface area contributed by atoms with Crippen LogP contribution in [-0.2, 0) is 25.9 Å². The van der Waals surface area contributed by atoms with Gasteiger partial charge in [0.05, 0.1) is 36.9 Å². The highest BCUT2D eigenvalue weighted by molar-refractivity contribution is 7.89. The van der Waals surface area contributed by atoms with Crippen molar-refractivity contribution in [2.45, 2.75) is 18.2 Å². The number of sulfonamides is 1. The van der Waals surface area contributed by atoms with Crippen molar-refractivity contribution in [2.24, 2.45) is 0 Å². The third-order valence-electron chi connectivity index (χ3n) is 5.82. The lowest BCUT2D eigenvalue weighted by Crippen LogP contribution is -2.41. The first-order chi connectivity index (χ1) is 15.5. The van der Waals surface area contributed by atoms with Crippen LogP contribution in [0.15, 0.2) is 47.4 Å². The number of carbonyl (C=O) groups excluding carboxylic acids is 1. The molecule has 0 spiro atoms. The van der Waals surface area contributed by atoms with Gasteiger partial charge in [-0.15, -0.1) is 0 Å². The highest BCUT2D eigenvalue weighted by Gasteiger charge is 2.29. The van der Waals surface area contributed by atoms with Crippen molar-refractivity contribution >= 4 is 27.3 Å². The van der Waals surface area contributed by atoms with Crippen LogP contribution >= 0.6 is 0 Å². The van der Waals surface area contributed by atoms with E-state index in [1.54, 1.807) is 12.1 Å². The van der Waals surface area contributed by atoms with Gasteiger partial charge in [0.1, 0.15) is 0 Å². The van der Waals surface area contributed by atoms with Crippen molar-refractivity contribution in [2.75, 3.05) is 62.8 Å². The molecule has 1 amide bonds. The summed E-state index contributed by atoms with van der Waals surface area (Å²) < 4.78 is 38.6. The Balaban J connectivity index is 1.71. The van der Waals surface area contributed by atoms with E-state index in [-0.39, 0.29) is 10.8 Å². The number of benzene rings is 2. The summed E-state index contributed by atoms with van der Waals surface area (Å²) in [5.41, 5.74) is 2.80. The molecular formula is C23H29N3O5S. The van der Waals surface area contributed by atoms with E-state index in [1.165, 1.54) is 10.4 Å². The van der Waals surface area contributed by atoms with Crippen LogP contribution in [0.5, 0.6) is 0 Å². The second-order valence-electron chi connectivity index (χ2n) is 7.76. The molecular weight excluding hydrogens is 430 g/mol. The average Bonchev–Trinajstić information content (AvgIpc) is 2.85. The average molecular weight is 460 g/mol. The summed E-state index contributed by atoms with van der Waals surface area (Å²) >= 11 is 0. The molecule has 2 heterocycles. The summed E-state index contributed by atoms with van der Waals surface area (Å²) in [5.74, 6) is -0.327. The van der Waals surface area contributed by atoms with E-state index in [4.69, 9.17) is 9.47 Å². The lowest BCUT2D eigenvalue weighted by atomic mass is 10.1. The predicted molar refractivity (Wildman–Crippen MR) is 123 cm³/mol. The number of rotatable bonds is 6. The summed E-state index contributed by atoms with van der Waals surface area (Å²) in [6, 6.07) is 12.5. The highest BCUT2D eigenvalue weighted by Crippen LogP contribution is 2.28. The molecule has 32 heavy (non-hydrogen) atoms. The van der Waals surface area contributed by atoms with E-state index >= 15 is 0 Å². The van der Waals surface area contributed by atoms with Crippen molar-refractivity contribution in [1.29, 1.82) is 0 Å². The molecule has 0 unspecified atom stereocenters. The number of para-hydroxylation sites is 1. The molecule has 9 heteroatoms. The van der Waals surface area contributed by atoms with E-state index in [9.17, 15) is 13.2 Å². The van der Waals surface area contributed by atoms with Crippen LogP contribution in [0.2, 0.25) is 0 Å². The van der Waals surface area contributed by atoms with Crippen molar-refractivity contribution in [3.63, 3.8) is 0 Å². The van der Waals surface area contributed by atoms with Gasteiger partial charge in [0.2, 0.25) is 10.0 Å². The number of nitrogens with one attached hydrogen (secondary N) is 1. The molecule has 0 bridgehead atoms. The predicted octanol–water partition coefficient (Wildman–Crippen LogP) is 2.36. The van der Waals surface area contributed by atoms with Gasteiger partial charge in [0, 0.05) is 37.6 Å². The molecule has 2 aromatic rings. The maximum atomic E-state index is 13.4. The molecule has 2 aromatic carbocycles. The fraction of sp³-hybridized carbons (Fsp3) is 0.435. The summed E-state index contributed by atoms with van der Waals surface area (Å²) in [5, 5.41) is 2.99. The highest BCUT2D eigenvalue weighted by atomic mass is 32.2. The summed E-state index contributed by atoms with van der Waals surface area (Å²) in [6.07, 6.45) is 0.776. The van der Waals surface area contributed by atoms with Gasteiger partial charge in [-0.3, -0.25) is 4.79 Å². The fourth-order valence-electron chi connectivity index (χ4n) is 4.01. The first kappa shape index (κ1) is 22.7. The Labute approximate surface area is 189 Å². The number of hydrogen-bond acceptors (Lipinski definition) is 6. The number of ether oxygens (including phenoxy) is 2. The van der Waals surface area contributed by atoms with Gasteiger partial charge in [0.25, 0.3) is 5.91 Å². The van der Waals surface area contributed by atoms with Crippen LogP contribution in [0.3, 0.4) is 0 Å². The zero-order valence-corrected chi connectivity index (χ0v) is 19.1. The quantitative estimate of drug-likeness (QED) is 0.714. The van der Waals surface area contributed by atoms with Gasteiger partial charge < -0.3 is 19.7 Å². The number of amides is 1. The summed E-state index contributed by atoms with van der Waals surface area (Å²) in [7, 11) is -3.72. The van der Waals surface area contributed by atoms with Crippen molar-refractivity contribution < 1.29 is 22.7 Å². The van der Waals surface area contributed by atoms with E-state index in [1.807, 2.05) is 31.2 Å². The van der Waals surface area contributed by atoms with Gasteiger partial charge in [-0.05, 0) is 36.2 Å². The molecule has 172 valence electrons. The molecule has 0 aliphatic carbocycles. The molecule has 8 nitrogen and oxygen atoms in total. The van der Waals surface area contributed by atoms with Crippen molar-refractivity contribution in [3.05, 3.63) is 53.6 Å².